The molecule has 2 unspecified atom stereocenters. The maximum absolute atomic E-state index is 12.8. The lowest BCUT2D eigenvalue weighted by Crippen LogP contribution is -2.25. The highest BCUT2D eigenvalue weighted by atomic mass is 32.2. The van der Waals surface area contributed by atoms with E-state index < -0.39 is 0 Å². The molecule has 0 fully saturated rings. The van der Waals surface area contributed by atoms with Gasteiger partial charge in [-0.3, -0.25) is 9.78 Å². The van der Waals surface area contributed by atoms with Gasteiger partial charge in [0.15, 0.2) is 0 Å². The lowest BCUT2D eigenvalue weighted by molar-refractivity contribution is -0.115. The second kappa shape index (κ2) is 9.76. The Morgan fingerprint density at radius 3 is 2.84 bits per heavy atom. The van der Waals surface area contributed by atoms with Gasteiger partial charge in [0.1, 0.15) is 11.1 Å². The van der Waals surface area contributed by atoms with Crippen LogP contribution in [0, 0.1) is 11.3 Å². The van der Waals surface area contributed by atoms with Crippen LogP contribution in [0.4, 0.5) is 5.69 Å². The minimum absolute atomic E-state index is 0.104. The topological polar surface area (TPSA) is 78.7 Å². The lowest BCUT2D eigenvalue weighted by atomic mass is 9.82. The zero-order chi connectivity index (χ0) is 21.6. The molecule has 1 aliphatic carbocycles. The molecule has 2 heterocycles. The standard InChI is InChI=1S/C25H24N4OS/c1-2-23(24(30)28-21-9-6-12-27-16-21)31-25-20(15-26)14-19-13-18(10-11-22(19)29-25)17-7-4-3-5-8-17/h3-9,12,14,16,18,23H,2,10-11,13H2,1H3,(H,28,30). The number of nitriles is 1. The number of benzene rings is 1. The summed E-state index contributed by atoms with van der Waals surface area (Å²) in [6, 6.07) is 18.4. The first kappa shape index (κ1) is 21.1. The Bertz CT molecular complexity index is 1100. The van der Waals surface area contributed by atoms with Crippen molar-refractivity contribution in [3.8, 4) is 6.07 Å². The second-order valence-corrected chi connectivity index (χ2v) is 8.85. The van der Waals surface area contributed by atoms with Crippen LogP contribution >= 0.6 is 11.8 Å². The van der Waals surface area contributed by atoms with Gasteiger partial charge in [-0.15, -0.1) is 0 Å². The SMILES string of the molecule is CCC(Sc1nc2c(cc1C#N)CC(c1ccccc1)CC2)C(=O)Nc1cccnc1. The molecule has 0 aliphatic heterocycles. The maximum atomic E-state index is 12.8. The molecule has 4 rings (SSSR count). The predicted molar refractivity (Wildman–Crippen MR) is 123 cm³/mol. The van der Waals surface area contributed by atoms with Crippen molar-refractivity contribution in [1.82, 2.24) is 9.97 Å². The molecule has 6 heteroatoms. The first-order valence-corrected chi connectivity index (χ1v) is 11.4. The number of carbonyl (C=O) groups excluding carboxylic acids is 1. The number of hydrogen-bond donors (Lipinski definition) is 1. The Kier molecular flexibility index (Phi) is 6.63. The van der Waals surface area contributed by atoms with Crippen LogP contribution in [0.1, 0.15) is 48.1 Å². The van der Waals surface area contributed by atoms with E-state index in [1.54, 1.807) is 18.5 Å². The molecule has 0 radical (unpaired) electrons. The van der Waals surface area contributed by atoms with E-state index >= 15 is 0 Å². The van der Waals surface area contributed by atoms with Gasteiger partial charge in [-0.05, 0) is 60.9 Å². The number of nitrogens with zero attached hydrogens (tertiary/aromatic N) is 3. The highest BCUT2D eigenvalue weighted by Gasteiger charge is 2.25. The van der Waals surface area contributed by atoms with Crippen molar-refractivity contribution >= 4 is 23.4 Å². The summed E-state index contributed by atoms with van der Waals surface area (Å²) >= 11 is 1.37. The van der Waals surface area contributed by atoms with Crippen LogP contribution in [-0.2, 0) is 17.6 Å². The van der Waals surface area contributed by atoms with Crippen LogP contribution in [0.3, 0.4) is 0 Å². The van der Waals surface area contributed by atoms with Crippen molar-refractivity contribution in [2.45, 2.75) is 48.8 Å². The fourth-order valence-corrected chi connectivity index (χ4v) is 4.94. The summed E-state index contributed by atoms with van der Waals surface area (Å²) in [4.78, 5) is 21.6. The van der Waals surface area contributed by atoms with E-state index in [2.05, 4.69) is 40.6 Å². The average molecular weight is 429 g/mol. The van der Waals surface area contributed by atoms with E-state index in [4.69, 9.17) is 4.98 Å². The summed E-state index contributed by atoms with van der Waals surface area (Å²) in [6.45, 7) is 1.97. The normalized spacial score (nSPS) is 16.1. The van der Waals surface area contributed by atoms with Gasteiger partial charge in [0, 0.05) is 11.9 Å². The molecule has 1 N–H and O–H groups in total. The molecule has 1 aliphatic rings. The quantitative estimate of drug-likeness (QED) is 0.551. The smallest absolute Gasteiger partial charge is 0.237 e. The Morgan fingerprint density at radius 1 is 1.29 bits per heavy atom. The van der Waals surface area contributed by atoms with Crippen LogP contribution in [0.5, 0.6) is 0 Å². The number of nitrogens with one attached hydrogen (secondary N) is 1. The third-order valence-corrected chi connectivity index (χ3v) is 6.96. The lowest BCUT2D eigenvalue weighted by Gasteiger charge is -2.25. The van der Waals surface area contributed by atoms with Crippen molar-refractivity contribution in [3.63, 3.8) is 0 Å². The van der Waals surface area contributed by atoms with E-state index in [1.165, 1.54) is 17.3 Å². The first-order valence-electron chi connectivity index (χ1n) is 10.5. The summed E-state index contributed by atoms with van der Waals surface area (Å²) in [7, 11) is 0. The van der Waals surface area contributed by atoms with Crippen molar-refractivity contribution in [2.75, 3.05) is 5.32 Å². The fraction of sp³-hybridized carbons (Fsp3) is 0.280. The molecule has 3 aromatic rings. The summed E-state index contributed by atoms with van der Waals surface area (Å²) < 4.78 is 0. The van der Waals surface area contributed by atoms with Gasteiger partial charge in [0.2, 0.25) is 5.91 Å². The molecule has 2 aromatic heterocycles. The summed E-state index contributed by atoms with van der Waals surface area (Å²) in [5.74, 6) is 0.349. The van der Waals surface area contributed by atoms with Crippen LogP contribution in [0.25, 0.3) is 0 Å². The van der Waals surface area contributed by atoms with Crippen molar-refractivity contribution in [1.29, 1.82) is 5.26 Å². The Balaban J connectivity index is 1.53. The van der Waals surface area contributed by atoms with Gasteiger partial charge < -0.3 is 5.32 Å². The largest absolute Gasteiger partial charge is 0.324 e. The predicted octanol–water partition coefficient (Wildman–Crippen LogP) is 5.13. The van der Waals surface area contributed by atoms with Crippen LogP contribution in [0.15, 0.2) is 66.0 Å². The molecular formula is C25H24N4OS. The minimum atomic E-state index is -0.335. The molecular weight excluding hydrogens is 404 g/mol. The Labute approximate surface area is 186 Å². The summed E-state index contributed by atoms with van der Waals surface area (Å²) in [5.41, 5.74) is 4.75. The van der Waals surface area contributed by atoms with E-state index in [0.717, 1.165) is 30.5 Å². The minimum Gasteiger partial charge on any atom is -0.324 e. The number of thioether (sulfide) groups is 1. The van der Waals surface area contributed by atoms with Gasteiger partial charge >= 0.3 is 0 Å². The van der Waals surface area contributed by atoms with Gasteiger partial charge in [-0.25, -0.2) is 4.98 Å². The third-order valence-electron chi connectivity index (χ3n) is 5.59. The summed E-state index contributed by atoms with van der Waals surface area (Å²) in [5, 5.41) is 13.0. The molecule has 0 bridgehead atoms. The molecule has 0 saturated heterocycles. The van der Waals surface area contributed by atoms with Crippen molar-refractivity contribution in [2.24, 2.45) is 0 Å². The highest BCUT2D eigenvalue weighted by Crippen LogP contribution is 2.35. The molecule has 31 heavy (non-hydrogen) atoms. The number of rotatable bonds is 6. The monoisotopic (exact) mass is 428 g/mol. The van der Waals surface area contributed by atoms with E-state index in [-0.39, 0.29) is 11.2 Å². The molecule has 5 nitrogen and oxygen atoms in total. The van der Waals surface area contributed by atoms with Gasteiger partial charge in [-0.1, -0.05) is 49.0 Å². The number of hydrogen-bond acceptors (Lipinski definition) is 5. The van der Waals surface area contributed by atoms with Crippen LogP contribution in [0.2, 0.25) is 0 Å². The zero-order valence-electron chi connectivity index (χ0n) is 17.4. The number of carbonyl (C=O) groups is 1. The number of amides is 1. The van der Waals surface area contributed by atoms with Gasteiger partial charge in [-0.2, -0.15) is 5.26 Å². The molecule has 1 aromatic carbocycles. The van der Waals surface area contributed by atoms with E-state index in [1.807, 2.05) is 25.1 Å². The Hall–Kier alpha value is -3.17. The van der Waals surface area contributed by atoms with Crippen LogP contribution < -0.4 is 5.32 Å². The van der Waals surface area contributed by atoms with Crippen LogP contribution in [-0.4, -0.2) is 21.1 Å². The van der Waals surface area contributed by atoms with Gasteiger partial charge in [0.25, 0.3) is 0 Å². The zero-order valence-corrected chi connectivity index (χ0v) is 18.2. The number of fused-ring (bicyclic) bond motifs is 1. The third kappa shape index (κ3) is 4.95. The molecule has 156 valence electrons. The molecule has 0 saturated carbocycles. The van der Waals surface area contributed by atoms with E-state index in [9.17, 15) is 10.1 Å². The number of aryl methyl sites for hydroxylation is 1. The summed E-state index contributed by atoms with van der Waals surface area (Å²) in [6.07, 6.45) is 6.74. The first-order chi connectivity index (χ1) is 15.2. The van der Waals surface area contributed by atoms with Crippen molar-refractivity contribution in [3.05, 3.63) is 83.3 Å². The maximum Gasteiger partial charge on any atom is 0.237 e. The fourth-order valence-electron chi connectivity index (χ4n) is 3.94. The van der Waals surface area contributed by atoms with E-state index in [0.29, 0.717) is 28.6 Å². The number of aromatic nitrogens is 2. The molecule has 1 amide bonds. The number of anilines is 1. The highest BCUT2D eigenvalue weighted by molar-refractivity contribution is 8.00. The molecule has 0 spiro atoms. The Morgan fingerprint density at radius 2 is 2.13 bits per heavy atom. The van der Waals surface area contributed by atoms with Gasteiger partial charge in [0.05, 0.1) is 22.7 Å². The average Bonchev–Trinajstić information content (AvgIpc) is 2.82. The van der Waals surface area contributed by atoms with Crippen molar-refractivity contribution < 1.29 is 4.79 Å². The second-order valence-electron chi connectivity index (χ2n) is 7.65. The molecule has 2 atom stereocenters. The number of pyridine rings is 2.